The lowest BCUT2D eigenvalue weighted by Gasteiger charge is -2.34. The van der Waals surface area contributed by atoms with Crippen LogP contribution in [0.25, 0.3) is 55.4 Å². The Kier molecular flexibility index (Phi) is 5.77. The molecule has 1 aliphatic heterocycles. The second kappa shape index (κ2) is 9.68. The van der Waals surface area contributed by atoms with Gasteiger partial charge in [0.2, 0.25) is 0 Å². The Balaban J connectivity index is 1.26. The minimum atomic E-state index is -0.0698. The van der Waals surface area contributed by atoms with Gasteiger partial charge in [0, 0.05) is 31.7 Å². The zero-order valence-corrected chi connectivity index (χ0v) is 24.3. The molecular weight excluding hydrogens is 529 g/mol. The molecule has 42 heavy (non-hydrogen) atoms. The number of benzene rings is 6. The zero-order valence-electron chi connectivity index (χ0n) is 23.5. The predicted molar refractivity (Wildman–Crippen MR) is 176 cm³/mol. The summed E-state index contributed by atoms with van der Waals surface area (Å²) in [5.41, 5.74) is 9.10. The van der Waals surface area contributed by atoms with E-state index in [1.807, 2.05) is 17.8 Å². The minimum absolute atomic E-state index is 0.0698. The van der Waals surface area contributed by atoms with Crippen molar-refractivity contribution in [3.8, 4) is 33.8 Å². The molecule has 0 saturated heterocycles. The maximum atomic E-state index is 5.23. The maximum absolute atomic E-state index is 5.23. The molecule has 1 aliphatic rings. The van der Waals surface area contributed by atoms with Crippen molar-refractivity contribution in [3.63, 3.8) is 0 Å². The lowest BCUT2D eigenvalue weighted by molar-refractivity contribution is 0.607. The molecule has 8 rings (SSSR count). The van der Waals surface area contributed by atoms with E-state index in [2.05, 4.69) is 141 Å². The van der Waals surface area contributed by atoms with Crippen LogP contribution in [0, 0.1) is 0 Å². The van der Waals surface area contributed by atoms with Gasteiger partial charge >= 0.3 is 0 Å². The molecule has 0 fully saturated rings. The number of aromatic nitrogens is 2. The predicted octanol–water partition coefficient (Wildman–Crippen LogP) is 10.6. The second-order valence-corrected chi connectivity index (χ2v) is 12.5. The van der Waals surface area contributed by atoms with E-state index in [1.54, 1.807) is 0 Å². The van der Waals surface area contributed by atoms with E-state index in [0.29, 0.717) is 0 Å². The summed E-state index contributed by atoms with van der Waals surface area (Å²) in [4.78, 5) is 13.0. The third-order valence-electron chi connectivity index (χ3n) is 8.54. The van der Waals surface area contributed by atoms with E-state index in [4.69, 9.17) is 9.97 Å². The standard InChI is InChI=1S/C39H28N2S/c1-39(2)32-18-6-8-20-35(32)42-36-22-21-27(24-33(36)39)26-13-9-14-28(23-26)38-40-34-19-7-5-16-31(34)37(41-38)30-17-10-12-25-11-3-4-15-29(25)30/h3-24H,1-2H3. The van der Waals surface area contributed by atoms with Crippen molar-refractivity contribution in [2.24, 2.45) is 0 Å². The van der Waals surface area contributed by atoms with Gasteiger partial charge < -0.3 is 0 Å². The van der Waals surface area contributed by atoms with Crippen LogP contribution < -0.4 is 0 Å². The molecule has 0 bridgehead atoms. The van der Waals surface area contributed by atoms with E-state index in [1.165, 1.54) is 42.8 Å². The normalized spacial score (nSPS) is 13.6. The third-order valence-corrected chi connectivity index (χ3v) is 9.69. The summed E-state index contributed by atoms with van der Waals surface area (Å²) in [5, 5.41) is 3.46. The van der Waals surface area contributed by atoms with Gasteiger partial charge in [-0.3, -0.25) is 0 Å². The Morgan fingerprint density at radius 3 is 2.14 bits per heavy atom. The highest BCUT2D eigenvalue weighted by atomic mass is 32.2. The Morgan fingerprint density at radius 2 is 1.21 bits per heavy atom. The number of fused-ring (bicyclic) bond motifs is 4. The van der Waals surface area contributed by atoms with Gasteiger partial charge in [0.15, 0.2) is 5.82 Å². The average Bonchev–Trinajstić information content (AvgIpc) is 3.04. The summed E-state index contributed by atoms with van der Waals surface area (Å²) >= 11 is 1.87. The van der Waals surface area contributed by atoms with Crippen LogP contribution in [-0.4, -0.2) is 9.97 Å². The molecule has 0 radical (unpaired) electrons. The van der Waals surface area contributed by atoms with E-state index >= 15 is 0 Å². The van der Waals surface area contributed by atoms with Crippen LogP contribution in [0.1, 0.15) is 25.0 Å². The van der Waals surface area contributed by atoms with Gasteiger partial charge in [-0.05, 0) is 63.4 Å². The Labute approximate surface area is 250 Å². The van der Waals surface area contributed by atoms with Gasteiger partial charge in [-0.25, -0.2) is 9.97 Å². The van der Waals surface area contributed by atoms with Crippen LogP contribution >= 0.6 is 11.8 Å². The fourth-order valence-corrected chi connectivity index (χ4v) is 7.68. The van der Waals surface area contributed by atoms with E-state index in [0.717, 1.165) is 33.5 Å². The molecule has 0 amide bonds. The minimum Gasteiger partial charge on any atom is -0.228 e. The highest BCUT2D eigenvalue weighted by Crippen LogP contribution is 2.49. The molecular formula is C39H28N2S. The average molecular weight is 557 g/mol. The van der Waals surface area contributed by atoms with Crippen molar-refractivity contribution in [1.82, 2.24) is 9.97 Å². The lowest BCUT2D eigenvalue weighted by atomic mass is 9.77. The highest BCUT2D eigenvalue weighted by molar-refractivity contribution is 7.99. The smallest absolute Gasteiger partial charge is 0.160 e. The maximum Gasteiger partial charge on any atom is 0.160 e. The first kappa shape index (κ1) is 25.0. The van der Waals surface area contributed by atoms with Gasteiger partial charge in [0.1, 0.15) is 0 Å². The van der Waals surface area contributed by atoms with Gasteiger partial charge in [0.25, 0.3) is 0 Å². The van der Waals surface area contributed by atoms with E-state index in [-0.39, 0.29) is 5.41 Å². The number of hydrogen-bond donors (Lipinski definition) is 0. The van der Waals surface area contributed by atoms with Crippen LogP contribution in [0.2, 0.25) is 0 Å². The molecule has 2 nitrogen and oxygen atoms in total. The Hall–Kier alpha value is -4.73. The molecule has 6 aromatic carbocycles. The summed E-state index contributed by atoms with van der Waals surface area (Å²) in [6.07, 6.45) is 0. The summed E-state index contributed by atoms with van der Waals surface area (Å²) < 4.78 is 0. The fourth-order valence-electron chi connectivity index (χ4n) is 6.30. The van der Waals surface area contributed by atoms with Crippen molar-refractivity contribution in [1.29, 1.82) is 0 Å². The molecule has 3 heteroatoms. The molecule has 0 unspecified atom stereocenters. The quantitative estimate of drug-likeness (QED) is 0.216. The van der Waals surface area contributed by atoms with Gasteiger partial charge in [-0.1, -0.05) is 129 Å². The zero-order chi connectivity index (χ0) is 28.3. The number of rotatable bonds is 3. The Bertz CT molecular complexity index is 2160. The van der Waals surface area contributed by atoms with Gasteiger partial charge in [-0.15, -0.1) is 0 Å². The molecule has 7 aromatic rings. The van der Waals surface area contributed by atoms with Crippen LogP contribution in [0.4, 0.5) is 0 Å². The first-order valence-corrected chi connectivity index (χ1v) is 15.2. The van der Waals surface area contributed by atoms with E-state index in [9.17, 15) is 0 Å². The molecule has 0 N–H and O–H groups in total. The van der Waals surface area contributed by atoms with Crippen molar-refractivity contribution < 1.29 is 0 Å². The molecule has 200 valence electrons. The first-order chi connectivity index (χ1) is 20.6. The number of hydrogen-bond acceptors (Lipinski definition) is 3. The van der Waals surface area contributed by atoms with Crippen LogP contribution in [0.5, 0.6) is 0 Å². The van der Waals surface area contributed by atoms with Crippen molar-refractivity contribution in [2.75, 3.05) is 0 Å². The molecule has 2 heterocycles. The molecule has 0 spiro atoms. The van der Waals surface area contributed by atoms with Crippen LogP contribution in [-0.2, 0) is 5.41 Å². The van der Waals surface area contributed by atoms with Gasteiger partial charge in [0.05, 0.1) is 11.2 Å². The van der Waals surface area contributed by atoms with Crippen molar-refractivity contribution in [2.45, 2.75) is 29.1 Å². The summed E-state index contributed by atoms with van der Waals surface area (Å²) in [6, 6.07) is 47.6. The summed E-state index contributed by atoms with van der Waals surface area (Å²) in [6.45, 7) is 4.67. The summed E-state index contributed by atoms with van der Waals surface area (Å²) in [5.74, 6) is 0.737. The largest absolute Gasteiger partial charge is 0.228 e. The summed E-state index contributed by atoms with van der Waals surface area (Å²) in [7, 11) is 0. The highest BCUT2D eigenvalue weighted by Gasteiger charge is 2.33. The van der Waals surface area contributed by atoms with Crippen LogP contribution in [0.3, 0.4) is 0 Å². The Morgan fingerprint density at radius 1 is 0.524 bits per heavy atom. The van der Waals surface area contributed by atoms with Crippen molar-refractivity contribution >= 4 is 33.4 Å². The topological polar surface area (TPSA) is 25.8 Å². The first-order valence-electron chi connectivity index (χ1n) is 14.3. The molecule has 0 aliphatic carbocycles. The molecule has 0 atom stereocenters. The SMILES string of the molecule is CC1(C)c2ccccc2Sc2ccc(-c3cccc(-c4nc(-c5cccc6ccccc56)c5ccccc5n4)c3)cc21. The third kappa shape index (κ3) is 4.04. The fraction of sp³-hybridized carbons (Fsp3) is 0.0769. The molecule has 0 saturated carbocycles. The lowest BCUT2D eigenvalue weighted by Crippen LogP contribution is -2.23. The van der Waals surface area contributed by atoms with Crippen molar-refractivity contribution in [3.05, 3.63) is 145 Å². The van der Waals surface area contributed by atoms with Gasteiger partial charge in [-0.2, -0.15) is 0 Å². The molecule has 1 aromatic heterocycles. The number of nitrogens with zero attached hydrogens (tertiary/aromatic N) is 2. The second-order valence-electron chi connectivity index (χ2n) is 11.5. The van der Waals surface area contributed by atoms with E-state index < -0.39 is 0 Å². The monoisotopic (exact) mass is 556 g/mol. The number of para-hydroxylation sites is 1. The van der Waals surface area contributed by atoms with Crippen LogP contribution in [0.15, 0.2) is 143 Å².